The van der Waals surface area contributed by atoms with E-state index in [9.17, 15) is 4.79 Å². The predicted octanol–water partition coefficient (Wildman–Crippen LogP) is 3.65. The molecule has 4 heteroatoms. The average molecular weight is 308 g/mol. The molecule has 0 spiro atoms. The molecule has 2 heterocycles. The fourth-order valence-electron chi connectivity index (χ4n) is 3.26. The van der Waals surface area contributed by atoms with Gasteiger partial charge in [-0.3, -0.25) is 0 Å². The first-order valence-electron chi connectivity index (χ1n) is 7.49. The molecule has 23 heavy (non-hydrogen) atoms. The topological polar surface area (TPSA) is 48.7 Å². The summed E-state index contributed by atoms with van der Waals surface area (Å²) >= 11 is 0. The first kappa shape index (κ1) is 13.9. The maximum Gasteiger partial charge on any atom is 0.343 e. The van der Waals surface area contributed by atoms with Crippen LogP contribution in [-0.4, -0.2) is 7.11 Å². The standard InChI is InChI=1S/C19H16O4/c1-19(14-8-4-6-10-16(14)21-2)11-13-17(23-19)12-7-3-5-9-15(12)22-18(13)20/h3-10H,11H2,1-2H3. The van der Waals surface area contributed by atoms with Gasteiger partial charge >= 0.3 is 5.63 Å². The van der Waals surface area contributed by atoms with E-state index in [1.807, 2.05) is 49.4 Å². The molecule has 4 rings (SSSR count). The number of para-hydroxylation sites is 2. The monoisotopic (exact) mass is 308 g/mol. The molecular weight excluding hydrogens is 292 g/mol. The maximum atomic E-state index is 12.3. The zero-order valence-electron chi connectivity index (χ0n) is 13.0. The minimum Gasteiger partial charge on any atom is -0.496 e. The number of benzene rings is 2. The Bertz CT molecular complexity index is 957. The fourth-order valence-corrected chi connectivity index (χ4v) is 3.26. The Labute approximate surface area is 133 Å². The lowest BCUT2D eigenvalue weighted by molar-refractivity contribution is 0.114. The van der Waals surface area contributed by atoms with Crippen LogP contribution in [-0.2, 0) is 12.0 Å². The van der Waals surface area contributed by atoms with Crippen LogP contribution >= 0.6 is 0 Å². The van der Waals surface area contributed by atoms with Crippen molar-refractivity contribution in [1.82, 2.24) is 0 Å². The van der Waals surface area contributed by atoms with Crippen molar-refractivity contribution in [2.75, 3.05) is 7.11 Å². The van der Waals surface area contributed by atoms with Gasteiger partial charge in [-0.1, -0.05) is 30.3 Å². The Balaban J connectivity index is 1.91. The molecule has 1 aliphatic rings. The normalized spacial score (nSPS) is 19.4. The van der Waals surface area contributed by atoms with Gasteiger partial charge in [0, 0.05) is 12.0 Å². The summed E-state index contributed by atoms with van der Waals surface area (Å²) in [6.45, 7) is 1.97. The van der Waals surface area contributed by atoms with Gasteiger partial charge in [-0.25, -0.2) is 4.79 Å². The average Bonchev–Trinajstić information content (AvgIpc) is 2.95. The van der Waals surface area contributed by atoms with Gasteiger partial charge in [-0.05, 0) is 25.1 Å². The molecule has 116 valence electrons. The van der Waals surface area contributed by atoms with E-state index in [0.717, 1.165) is 16.7 Å². The minimum atomic E-state index is -0.659. The summed E-state index contributed by atoms with van der Waals surface area (Å²) in [7, 11) is 1.63. The molecule has 1 unspecified atom stereocenters. The van der Waals surface area contributed by atoms with E-state index in [1.165, 1.54) is 0 Å². The van der Waals surface area contributed by atoms with Crippen LogP contribution in [0, 0.1) is 0 Å². The van der Waals surface area contributed by atoms with Gasteiger partial charge in [0.2, 0.25) is 0 Å². The van der Waals surface area contributed by atoms with Crippen LogP contribution in [0.5, 0.6) is 11.5 Å². The zero-order chi connectivity index (χ0) is 16.0. The van der Waals surface area contributed by atoms with Crippen LogP contribution in [0.4, 0.5) is 0 Å². The molecule has 0 saturated carbocycles. The summed E-state index contributed by atoms with van der Waals surface area (Å²) in [6.07, 6.45) is 0.454. The van der Waals surface area contributed by atoms with Crippen LogP contribution in [0.3, 0.4) is 0 Å². The second-order valence-electron chi connectivity index (χ2n) is 5.90. The summed E-state index contributed by atoms with van der Waals surface area (Å²) in [5.74, 6) is 1.36. The molecule has 0 radical (unpaired) electrons. The highest BCUT2D eigenvalue weighted by Crippen LogP contribution is 2.45. The smallest absolute Gasteiger partial charge is 0.343 e. The third-order valence-electron chi connectivity index (χ3n) is 4.37. The van der Waals surface area contributed by atoms with Gasteiger partial charge in [-0.15, -0.1) is 0 Å². The lowest BCUT2D eigenvalue weighted by Gasteiger charge is -2.26. The van der Waals surface area contributed by atoms with Gasteiger partial charge in [0.15, 0.2) is 0 Å². The summed E-state index contributed by atoms with van der Waals surface area (Å²) in [4.78, 5) is 12.3. The molecule has 0 fully saturated rings. The van der Waals surface area contributed by atoms with Gasteiger partial charge in [-0.2, -0.15) is 0 Å². The molecule has 0 N–H and O–H groups in total. The quantitative estimate of drug-likeness (QED) is 0.678. The Hall–Kier alpha value is -2.75. The fraction of sp³-hybridized carbons (Fsp3) is 0.211. The molecule has 2 aromatic carbocycles. The highest BCUT2D eigenvalue weighted by molar-refractivity contribution is 5.85. The molecule has 0 saturated heterocycles. The van der Waals surface area contributed by atoms with E-state index in [1.54, 1.807) is 13.2 Å². The van der Waals surface area contributed by atoms with Crippen LogP contribution < -0.4 is 15.1 Å². The number of rotatable bonds is 2. The van der Waals surface area contributed by atoms with Crippen LogP contribution in [0.15, 0.2) is 57.7 Å². The van der Waals surface area contributed by atoms with Crippen LogP contribution in [0.1, 0.15) is 18.1 Å². The molecule has 1 aliphatic heterocycles. The zero-order valence-corrected chi connectivity index (χ0v) is 13.0. The van der Waals surface area contributed by atoms with Crippen molar-refractivity contribution in [2.24, 2.45) is 0 Å². The Morgan fingerprint density at radius 2 is 1.83 bits per heavy atom. The first-order valence-corrected chi connectivity index (χ1v) is 7.49. The number of hydrogen-bond acceptors (Lipinski definition) is 4. The number of fused-ring (bicyclic) bond motifs is 3. The Morgan fingerprint density at radius 3 is 2.65 bits per heavy atom. The lowest BCUT2D eigenvalue weighted by Crippen LogP contribution is -2.28. The Morgan fingerprint density at radius 1 is 1.09 bits per heavy atom. The summed E-state index contributed by atoms with van der Waals surface area (Å²) in [6, 6.07) is 15.1. The Kier molecular flexibility index (Phi) is 2.94. The van der Waals surface area contributed by atoms with E-state index in [-0.39, 0.29) is 5.63 Å². The first-order chi connectivity index (χ1) is 11.1. The van der Waals surface area contributed by atoms with Gasteiger partial charge < -0.3 is 13.9 Å². The van der Waals surface area contributed by atoms with E-state index < -0.39 is 5.60 Å². The van der Waals surface area contributed by atoms with Gasteiger partial charge in [0.25, 0.3) is 0 Å². The van der Waals surface area contributed by atoms with Crippen molar-refractivity contribution in [2.45, 2.75) is 18.9 Å². The highest BCUT2D eigenvalue weighted by atomic mass is 16.5. The van der Waals surface area contributed by atoms with Crippen LogP contribution in [0.2, 0.25) is 0 Å². The SMILES string of the molecule is COc1ccccc1C1(C)Cc2c(c3ccccc3oc2=O)O1. The van der Waals surface area contributed by atoms with E-state index in [0.29, 0.717) is 23.3 Å². The third-order valence-corrected chi connectivity index (χ3v) is 4.37. The second-order valence-corrected chi connectivity index (χ2v) is 5.90. The molecule has 0 aliphatic carbocycles. The molecule has 0 amide bonds. The number of ether oxygens (including phenoxy) is 2. The summed E-state index contributed by atoms with van der Waals surface area (Å²) in [5, 5.41) is 0.820. The lowest BCUT2D eigenvalue weighted by atomic mass is 9.90. The molecule has 0 bridgehead atoms. The van der Waals surface area contributed by atoms with Crippen molar-refractivity contribution in [3.8, 4) is 11.5 Å². The highest BCUT2D eigenvalue weighted by Gasteiger charge is 2.41. The van der Waals surface area contributed by atoms with E-state index in [2.05, 4.69) is 0 Å². The molecule has 1 atom stereocenters. The van der Waals surface area contributed by atoms with Crippen molar-refractivity contribution < 1.29 is 13.9 Å². The largest absolute Gasteiger partial charge is 0.496 e. The van der Waals surface area contributed by atoms with E-state index >= 15 is 0 Å². The number of hydrogen-bond donors (Lipinski definition) is 0. The van der Waals surface area contributed by atoms with Gasteiger partial charge in [0.05, 0.1) is 18.1 Å². The molecular formula is C19H16O4. The van der Waals surface area contributed by atoms with Crippen LogP contribution in [0.25, 0.3) is 11.0 Å². The second kappa shape index (κ2) is 4.88. The van der Waals surface area contributed by atoms with Crippen molar-refractivity contribution in [1.29, 1.82) is 0 Å². The van der Waals surface area contributed by atoms with Crippen molar-refractivity contribution >= 4 is 11.0 Å². The third kappa shape index (κ3) is 2.02. The van der Waals surface area contributed by atoms with Crippen molar-refractivity contribution in [3.63, 3.8) is 0 Å². The summed E-state index contributed by atoms with van der Waals surface area (Å²) < 4.78 is 17.2. The molecule has 1 aromatic heterocycles. The molecule has 4 nitrogen and oxygen atoms in total. The minimum absolute atomic E-state index is 0.336. The molecule has 3 aromatic rings. The van der Waals surface area contributed by atoms with Crippen molar-refractivity contribution in [3.05, 3.63) is 70.1 Å². The van der Waals surface area contributed by atoms with Gasteiger partial charge in [0.1, 0.15) is 22.7 Å². The predicted molar refractivity (Wildman–Crippen MR) is 87.2 cm³/mol. The van der Waals surface area contributed by atoms with E-state index in [4.69, 9.17) is 13.9 Å². The number of methoxy groups -OCH3 is 1. The summed E-state index contributed by atoms with van der Waals surface area (Å²) in [5.41, 5.74) is 1.05. The maximum absolute atomic E-state index is 12.3.